The van der Waals surface area contributed by atoms with E-state index in [9.17, 15) is 4.39 Å². The molecule has 72 valence electrons. The molecule has 0 unspecified atom stereocenters. The highest BCUT2D eigenvalue weighted by atomic mass is 35.5. The third-order valence-corrected chi connectivity index (χ3v) is 2.58. The second-order valence-corrected chi connectivity index (χ2v) is 3.89. The topological polar surface area (TPSA) is 24.9 Å². The molecule has 5 heteroatoms. The number of hydrogen-bond acceptors (Lipinski definition) is 3. The largest absolute Gasteiger partial charge is 0.332 e. The van der Waals surface area contributed by atoms with Crippen molar-refractivity contribution < 1.29 is 4.39 Å². The number of halogens is 2. The van der Waals surface area contributed by atoms with E-state index in [1.807, 2.05) is 5.38 Å². The van der Waals surface area contributed by atoms with E-state index in [-0.39, 0.29) is 5.02 Å². The van der Waals surface area contributed by atoms with Gasteiger partial charge in [0.25, 0.3) is 0 Å². The van der Waals surface area contributed by atoms with Gasteiger partial charge in [-0.15, -0.1) is 11.3 Å². The summed E-state index contributed by atoms with van der Waals surface area (Å²) < 4.78 is 12.8. The first kappa shape index (κ1) is 9.43. The molecule has 1 aromatic carbocycles. The van der Waals surface area contributed by atoms with E-state index in [2.05, 4.69) is 10.3 Å². The van der Waals surface area contributed by atoms with Gasteiger partial charge in [0.1, 0.15) is 5.82 Å². The molecule has 14 heavy (non-hydrogen) atoms. The molecule has 0 radical (unpaired) electrons. The third kappa shape index (κ3) is 2.02. The van der Waals surface area contributed by atoms with Crippen LogP contribution < -0.4 is 5.32 Å². The Morgan fingerprint density at radius 2 is 2.29 bits per heavy atom. The minimum atomic E-state index is -0.420. The molecule has 0 spiro atoms. The van der Waals surface area contributed by atoms with Crippen molar-refractivity contribution >= 4 is 33.8 Å². The lowest BCUT2D eigenvalue weighted by Gasteiger charge is -2.02. The maximum atomic E-state index is 12.8. The van der Waals surface area contributed by atoms with Gasteiger partial charge in [-0.05, 0) is 18.2 Å². The van der Waals surface area contributed by atoms with Gasteiger partial charge >= 0.3 is 0 Å². The first-order valence-electron chi connectivity index (χ1n) is 3.87. The van der Waals surface area contributed by atoms with Gasteiger partial charge in [-0.25, -0.2) is 9.37 Å². The average Bonchev–Trinajstić information content (AvgIpc) is 2.64. The number of anilines is 2. The van der Waals surface area contributed by atoms with Crippen molar-refractivity contribution in [2.45, 2.75) is 0 Å². The summed E-state index contributed by atoms with van der Waals surface area (Å²) in [6.07, 6.45) is 1.69. The standard InChI is InChI=1S/C9H6ClFN2S/c10-7-5-6(1-2-8(7)11)13-9-12-3-4-14-9/h1-5H,(H,12,13). The molecule has 2 rings (SSSR count). The number of rotatable bonds is 2. The van der Waals surface area contributed by atoms with Crippen molar-refractivity contribution in [3.8, 4) is 0 Å². The summed E-state index contributed by atoms with van der Waals surface area (Å²) in [5.41, 5.74) is 0.728. The zero-order valence-corrected chi connectivity index (χ0v) is 8.57. The van der Waals surface area contributed by atoms with Crippen molar-refractivity contribution in [2.24, 2.45) is 0 Å². The van der Waals surface area contributed by atoms with Gasteiger partial charge in [-0.1, -0.05) is 11.6 Å². The van der Waals surface area contributed by atoms with E-state index in [1.54, 1.807) is 12.3 Å². The summed E-state index contributed by atoms with van der Waals surface area (Å²) in [4.78, 5) is 4.03. The molecule has 0 aliphatic heterocycles. The van der Waals surface area contributed by atoms with Crippen molar-refractivity contribution in [3.63, 3.8) is 0 Å². The molecule has 0 saturated heterocycles. The Bertz CT molecular complexity index is 430. The number of thiazole rings is 1. The fourth-order valence-corrected chi connectivity index (χ4v) is 1.71. The van der Waals surface area contributed by atoms with Crippen LogP contribution in [0.25, 0.3) is 0 Å². The van der Waals surface area contributed by atoms with Gasteiger partial charge in [0, 0.05) is 17.3 Å². The fraction of sp³-hybridized carbons (Fsp3) is 0. The van der Waals surface area contributed by atoms with E-state index >= 15 is 0 Å². The van der Waals surface area contributed by atoms with Gasteiger partial charge in [0.05, 0.1) is 5.02 Å². The van der Waals surface area contributed by atoms with Crippen molar-refractivity contribution in [1.82, 2.24) is 4.98 Å². The van der Waals surface area contributed by atoms with E-state index in [0.29, 0.717) is 0 Å². The first-order chi connectivity index (χ1) is 6.75. The van der Waals surface area contributed by atoms with Crippen molar-refractivity contribution in [1.29, 1.82) is 0 Å². The van der Waals surface area contributed by atoms with E-state index in [1.165, 1.54) is 23.5 Å². The lowest BCUT2D eigenvalue weighted by Crippen LogP contribution is -1.89. The third-order valence-electron chi connectivity index (χ3n) is 1.60. The lowest BCUT2D eigenvalue weighted by molar-refractivity contribution is 0.628. The van der Waals surface area contributed by atoms with E-state index < -0.39 is 5.82 Å². The summed E-state index contributed by atoms with van der Waals surface area (Å²) in [6.45, 7) is 0. The number of nitrogens with one attached hydrogen (secondary N) is 1. The molecule has 0 aliphatic rings. The van der Waals surface area contributed by atoms with Crippen LogP contribution in [0.2, 0.25) is 5.02 Å². The highest BCUT2D eigenvalue weighted by Crippen LogP contribution is 2.23. The van der Waals surface area contributed by atoms with Crippen LogP contribution in [0.3, 0.4) is 0 Å². The highest BCUT2D eigenvalue weighted by molar-refractivity contribution is 7.13. The first-order valence-corrected chi connectivity index (χ1v) is 5.13. The monoisotopic (exact) mass is 228 g/mol. The molecule has 0 amide bonds. The van der Waals surface area contributed by atoms with E-state index in [4.69, 9.17) is 11.6 Å². The summed E-state index contributed by atoms with van der Waals surface area (Å²) in [5, 5.41) is 5.72. The van der Waals surface area contributed by atoms with Gasteiger partial charge in [0.15, 0.2) is 5.13 Å². The Labute approximate surface area is 89.4 Å². The zero-order chi connectivity index (χ0) is 9.97. The smallest absolute Gasteiger partial charge is 0.187 e. The predicted octanol–water partition coefficient (Wildman–Crippen LogP) is 3.68. The predicted molar refractivity (Wildman–Crippen MR) is 56.8 cm³/mol. The van der Waals surface area contributed by atoms with Crippen LogP contribution in [-0.2, 0) is 0 Å². The molecule has 2 aromatic rings. The van der Waals surface area contributed by atoms with Crippen LogP contribution in [0.15, 0.2) is 29.8 Å². The molecule has 0 bridgehead atoms. The molecule has 0 saturated carbocycles. The average molecular weight is 229 g/mol. The van der Waals surface area contributed by atoms with Gasteiger partial charge in [0.2, 0.25) is 0 Å². The molecule has 0 fully saturated rings. The Balaban J connectivity index is 2.22. The van der Waals surface area contributed by atoms with E-state index in [0.717, 1.165) is 10.8 Å². The Morgan fingerprint density at radius 3 is 2.93 bits per heavy atom. The molecule has 1 N–H and O–H groups in total. The van der Waals surface area contributed by atoms with Crippen LogP contribution in [0.5, 0.6) is 0 Å². The van der Waals surface area contributed by atoms with Gasteiger partial charge in [-0.2, -0.15) is 0 Å². The van der Waals surface area contributed by atoms with Crippen LogP contribution in [0, 0.1) is 5.82 Å². The fourth-order valence-electron chi connectivity index (χ4n) is 0.983. The minimum absolute atomic E-state index is 0.103. The Hall–Kier alpha value is -1.13. The number of nitrogens with zero attached hydrogens (tertiary/aromatic N) is 1. The normalized spacial score (nSPS) is 10.1. The minimum Gasteiger partial charge on any atom is -0.332 e. The van der Waals surface area contributed by atoms with Crippen LogP contribution >= 0.6 is 22.9 Å². The van der Waals surface area contributed by atoms with Crippen LogP contribution in [0.4, 0.5) is 15.2 Å². The van der Waals surface area contributed by atoms with Gasteiger partial charge in [-0.3, -0.25) is 0 Å². The summed E-state index contributed by atoms with van der Waals surface area (Å²) in [7, 11) is 0. The number of aromatic nitrogens is 1. The second-order valence-electron chi connectivity index (χ2n) is 2.59. The lowest BCUT2D eigenvalue weighted by atomic mass is 10.3. The summed E-state index contributed by atoms with van der Waals surface area (Å²) >= 11 is 7.09. The van der Waals surface area contributed by atoms with Crippen LogP contribution in [-0.4, -0.2) is 4.98 Å². The van der Waals surface area contributed by atoms with Gasteiger partial charge < -0.3 is 5.32 Å². The molecular formula is C9H6ClFN2S. The highest BCUT2D eigenvalue weighted by Gasteiger charge is 2.01. The summed E-state index contributed by atoms with van der Waals surface area (Å²) in [5.74, 6) is -0.420. The van der Waals surface area contributed by atoms with Crippen LogP contribution in [0.1, 0.15) is 0 Å². The molecule has 0 aliphatic carbocycles. The summed E-state index contributed by atoms with van der Waals surface area (Å²) in [6, 6.07) is 4.46. The number of hydrogen-bond donors (Lipinski definition) is 1. The maximum Gasteiger partial charge on any atom is 0.187 e. The van der Waals surface area contributed by atoms with Crippen molar-refractivity contribution in [2.75, 3.05) is 5.32 Å². The molecule has 1 heterocycles. The Morgan fingerprint density at radius 1 is 1.43 bits per heavy atom. The molecule has 2 nitrogen and oxygen atoms in total. The number of benzene rings is 1. The quantitative estimate of drug-likeness (QED) is 0.848. The molecule has 1 aromatic heterocycles. The Kier molecular flexibility index (Phi) is 2.65. The molecular weight excluding hydrogens is 223 g/mol. The SMILES string of the molecule is Fc1ccc(Nc2nccs2)cc1Cl. The maximum absolute atomic E-state index is 12.8. The van der Waals surface area contributed by atoms with Crippen molar-refractivity contribution in [3.05, 3.63) is 40.6 Å². The molecule has 0 atom stereocenters. The zero-order valence-electron chi connectivity index (χ0n) is 7.00. The second kappa shape index (κ2) is 3.94.